The summed E-state index contributed by atoms with van der Waals surface area (Å²) in [5.41, 5.74) is 3.15. The van der Waals surface area contributed by atoms with Gasteiger partial charge in [0.05, 0.1) is 36.9 Å². The van der Waals surface area contributed by atoms with Gasteiger partial charge in [-0.05, 0) is 31.2 Å². The van der Waals surface area contributed by atoms with Crippen LogP contribution in [0.1, 0.15) is 11.5 Å². The van der Waals surface area contributed by atoms with Crippen molar-refractivity contribution in [3.8, 4) is 5.69 Å². The molecule has 0 fully saturated rings. The maximum absolute atomic E-state index is 9.00. The summed E-state index contributed by atoms with van der Waals surface area (Å²) in [5.74, 6) is 1.76. The quantitative estimate of drug-likeness (QED) is 0.694. The van der Waals surface area contributed by atoms with Gasteiger partial charge >= 0.3 is 0 Å². The van der Waals surface area contributed by atoms with Crippen molar-refractivity contribution in [3.05, 3.63) is 66.4 Å². The highest BCUT2D eigenvalue weighted by Crippen LogP contribution is 2.17. The Kier molecular flexibility index (Phi) is 5.30. The van der Waals surface area contributed by atoms with Crippen LogP contribution in [0.5, 0.6) is 0 Å². The van der Waals surface area contributed by atoms with Crippen LogP contribution >= 0.6 is 0 Å². The van der Waals surface area contributed by atoms with E-state index in [1.54, 1.807) is 6.20 Å². The number of likely N-dealkylation sites (N-methyl/N-ethyl adjacent to an activating group) is 1. The third-order valence-electron chi connectivity index (χ3n) is 4.10. The summed E-state index contributed by atoms with van der Waals surface area (Å²) in [7, 11) is 1.93. The van der Waals surface area contributed by atoms with Crippen molar-refractivity contribution in [2.24, 2.45) is 0 Å². The van der Waals surface area contributed by atoms with Gasteiger partial charge in [-0.25, -0.2) is 9.97 Å². The molecule has 2 heterocycles. The summed E-state index contributed by atoms with van der Waals surface area (Å²) in [4.78, 5) is 10.8. The van der Waals surface area contributed by atoms with Crippen LogP contribution in [0.15, 0.2) is 54.9 Å². The van der Waals surface area contributed by atoms with Crippen LogP contribution in [0.2, 0.25) is 0 Å². The zero-order chi connectivity index (χ0) is 17.6. The highest BCUT2D eigenvalue weighted by Gasteiger charge is 2.09. The Morgan fingerprint density at radius 2 is 1.88 bits per heavy atom. The zero-order valence-corrected chi connectivity index (χ0v) is 14.6. The van der Waals surface area contributed by atoms with Gasteiger partial charge in [-0.15, -0.1) is 0 Å². The van der Waals surface area contributed by atoms with Gasteiger partial charge in [-0.1, -0.05) is 18.2 Å². The molecule has 3 rings (SSSR count). The number of nitrogens with one attached hydrogen (secondary N) is 1. The van der Waals surface area contributed by atoms with Crippen molar-refractivity contribution in [3.63, 3.8) is 0 Å². The molecule has 1 aromatic carbocycles. The van der Waals surface area contributed by atoms with E-state index in [2.05, 4.69) is 32.0 Å². The van der Waals surface area contributed by atoms with Gasteiger partial charge in [0.1, 0.15) is 11.6 Å². The van der Waals surface area contributed by atoms with Crippen LogP contribution in [-0.2, 0) is 6.54 Å². The first-order chi connectivity index (χ1) is 12.2. The second-order valence-corrected chi connectivity index (χ2v) is 5.87. The molecule has 0 radical (unpaired) electrons. The highest BCUT2D eigenvalue weighted by molar-refractivity contribution is 5.49. The van der Waals surface area contributed by atoms with E-state index in [0.29, 0.717) is 13.1 Å². The maximum atomic E-state index is 9.00. The predicted molar refractivity (Wildman–Crippen MR) is 100 cm³/mol. The predicted octanol–water partition coefficient (Wildman–Crippen LogP) is 2.62. The van der Waals surface area contributed by atoms with Crippen molar-refractivity contribution in [2.45, 2.75) is 13.5 Å². The molecule has 0 aliphatic carbocycles. The number of aliphatic hydroxyl groups is 1. The summed E-state index contributed by atoms with van der Waals surface area (Å²) in [6, 6.07) is 14.1. The summed E-state index contributed by atoms with van der Waals surface area (Å²) < 4.78 is 2.14. The number of aryl methyl sites for hydroxylation is 1. The molecule has 0 bridgehead atoms. The van der Waals surface area contributed by atoms with Crippen LogP contribution in [0, 0.1) is 6.92 Å². The van der Waals surface area contributed by atoms with Gasteiger partial charge in [-0.2, -0.15) is 0 Å². The van der Waals surface area contributed by atoms with Crippen LogP contribution in [0.4, 0.5) is 11.5 Å². The lowest BCUT2D eigenvalue weighted by Gasteiger charge is -2.17. The molecule has 2 aromatic heterocycles. The van der Waals surface area contributed by atoms with Crippen LogP contribution in [0.25, 0.3) is 5.69 Å². The zero-order valence-electron chi connectivity index (χ0n) is 14.6. The number of rotatable bonds is 7. The van der Waals surface area contributed by atoms with E-state index < -0.39 is 0 Å². The fourth-order valence-electron chi connectivity index (χ4n) is 2.72. The number of aliphatic hydroxyl groups excluding tert-OH is 1. The van der Waals surface area contributed by atoms with Gasteiger partial charge in [0.2, 0.25) is 0 Å². The first kappa shape index (κ1) is 17.0. The Hall–Kier alpha value is -2.86. The molecule has 0 amide bonds. The molecule has 3 aromatic rings. The van der Waals surface area contributed by atoms with Crippen molar-refractivity contribution in [1.29, 1.82) is 0 Å². The summed E-state index contributed by atoms with van der Waals surface area (Å²) in [6.45, 7) is 3.35. The molecular weight excluding hydrogens is 314 g/mol. The molecule has 0 spiro atoms. The molecule has 6 nitrogen and oxygen atoms in total. The summed E-state index contributed by atoms with van der Waals surface area (Å²) in [5, 5.41) is 12.3. The fourth-order valence-corrected chi connectivity index (χ4v) is 2.72. The van der Waals surface area contributed by atoms with E-state index >= 15 is 0 Å². The van der Waals surface area contributed by atoms with Gasteiger partial charge in [0, 0.05) is 19.3 Å². The average Bonchev–Trinajstić information content (AvgIpc) is 3.02. The molecule has 6 heteroatoms. The van der Waals surface area contributed by atoms with Gasteiger partial charge < -0.3 is 15.3 Å². The number of aromatic nitrogens is 3. The van der Waals surface area contributed by atoms with Gasteiger partial charge in [0.15, 0.2) is 0 Å². The minimum Gasteiger partial charge on any atom is -0.395 e. The SMILES string of the molecule is Cc1ncc(CNc2ccc(N(C)CCO)cn2)n1-c1ccccc1. The van der Waals surface area contributed by atoms with Crippen molar-refractivity contribution in [1.82, 2.24) is 14.5 Å². The van der Waals surface area contributed by atoms with E-state index in [9.17, 15) is 0 Å². The Bertz CT molecular complexity index is 798. The number of para-hydroxylation sites is 1. The maximum Gasteiger partial charge on any atom is 0.126 e. The smallest absolute Gasteiger partial charge is 0.126 e. The summed E-state index contributed by atoms with van der Waals surface area (Å²) in [6.07, 6.45) is 3.69. The lowest BCUT2D eigenvalue weighted by atomic mass is 10.3. The van der Waals surface area contributed by atoms with E-state index in [4.69, 9.17) is 5.11 Å². The molecule has 2 N–H and O–H groups in total. The minimum atomic E-state index is 0.124. The third kappa shape index (κ3) is 3.97. The fraction of sp³-hybridized carbons (Fsp3) is 0.263. The molecule has 0 saturated carbocycles. The lowest BCUT2D eigenvalue weighted by Crippen LogP contribution is -2.21. The largest absolute Gasteiger partial charge is 0.395 e. The Balaban J connectivity index is 1.70. The third-order valence-corrected chi connectivity index (χ3v) is 4.10. The topological polar surface area (TPSA) is 66.2 Å². The molecule has 0 unspecified atom stereocenters. The summed E-state index contributed by atoms with van der Waals surface area (Å²) >= 11 is 0. The van der Waals surface area contributed by atoms with Crippen molar-refractivity contribution < 1.29 is 5.11 Å². The minimum absolute atomic E-state index is 0.124. The number of benzene rings is 1. The van der Waals surface area contributed by atoms with Crippen molar-refractivity contribution >= 4 is 11.5 Å². The van der Waals surface area contributed by atoms with Gasteiger partial charge in [0.25, 0.3) is 0 Å². The molecule has 0 atom stereocenters. The first-order valence-electron chi connectivity index (χ1n) is 8.29. The second-order valence-electron chi connectivity index (χ2n) is 5.87. The van der Waals surface area contributed by atoms with Crippen LogP contribution < -0.4 is 10.2 Å². The molecule has 0 aliphatic rings. The number of hydrogen-bond donors (Lipinski definition) is 2. The van der Waals surface area contributed by atoms with E-state index in [1.807, 2.05) is 55.4 Å². The first-order valence-corrected chi connectivity index (χ1v) is 8.29. The van der Waals surface area contributed by atoms with Gasteiger partial charge in [-0.3, -0.25) is 4.57 Å². The number of anilines is 2. The number of hydrogen-bond acceptors (Lipinski definition) is 5. The number of imidazole rings is 1. The molecule has 0 saturated heterocycles. The van der Waals surface area contributed by atoms with E-state index in [0.717, 1.165) is 28.7 Å². The normalized spacial score (nSPS) is 10.7. The number of pyridine rings is 1. The van der Waals surface area contributed by atoms with E-state index in [1.165, 1.54) is 0 Å². The lowest BCUT2D eigenvalue weighted by molar-refractivity contribution is 0.304. The van der Waals surface area contributed by atoms with Crippen molar-refractivity contribution in [2.75, 3.05) is 30.4 Å². The molecule has 130 valence electrons. The second kappa shape index (κ2) is 7.81. The molecule has 25 heavy (non-hydrogen) atoms. The van der Waals surface area contributed by atoms with Crippen LogP contribution in [0.3, 0.4) is 0 Å². The highest BCUT2D eigenvalue weighted by atomic mass is 16.3. The Morgan fingerprint density at radius 1 is 1.08 bits per heavy atom. The Morgan fingerprint density at radius 3 is 2.56 bits per heavy atom. The monoisotopic (exact) mass is 337 g/mol. The average molecular weight is 337 g/mol. The Labute approximate surface area is 147 Å². The standard InChI is InChI=1S/C19H23N5O/c1-15-20-13-18(24(15)16-6-4-3-5-7-16)14-22-19-9-8-17(12-21-19)23(2)10-11-25/h3-9,12-13,25H,10-11,14H2,1-2H3,(H,21,22). The van der Waals surface area contributed by atoms with Crippen LogP contribution in [-0.4, -0.2) is 39.8 Å². The number of nitrogens with zero attached hydrogens (tertiary/aromatic N) is 4. The van der Waals surface area contributed by atoms with E-state index in [-0.39, 0.29) is 6.61 Å². The molecule has 0 aliphatic heterocycles. The molecular formula is C19H23N5O.